The van der Waals surface area contributed by atoms with Gasteiger partial charge in [0.05, 0.1) is 11.0 Å². The zero-order chi connectivity index (χ0) is 20.5. The molecule has 0 atom stereocenters. The van der Waals surface area contributed by atoms with Gasteiger partial charge in [-0.3, -0.25) is 20.4 Å². The molecule has 146 valence electrons. The standard InChI is InChI=1S/C19H17F3N4O2/c1-11-7-8-12(2)13(9-11)17(28)25-24-16(27)10-26-15-6-4-3-5-14(15)23-18(26)19(20,21)22/h3-9H,10H2,1-2H3,(H,24,27)(H,25,28). The van der Waals surface area contributed by atoms with Gasteiger partial charge in [-0.1, -0.05) is 29.8 Å². The van der Waals surface area contributed by atoms with E-state index in [2.05, 4.69) is 15.8 Å². The van der Waals surface area contributed by atoms with Crippen LogP contribution >= 0.6 is 0 Å². The van der Waals surface area contributed by atoms with E-state index in [1.807, 2.05) is 13.0 Å². The van der Waals surface area contributed by atoms with Gasteiger partial charge >= 0.3 is 6.18 Å². The third kappa shape index (κ3) is 3.98. The van der Waals surface area contributed by atoms with Crippen molar-refractivity contribution in [1.82, 2.24) is 20.4 Å². The van der Waals surface area contributed by atoms with E-state index in [9.17, 15) is 22.8 Å². The van der Waals surface area contributed by atoms with Gasteiger partial charge in [0.15, 0.2) is 0 Å². The summed E-state index contributed by atoms with van der Waals surface area (Å²) < 4.78 is 40.6. The van der Waals surface area contributed by atoms with Gasteiger partial charge in [0.25, 0.3) is 11.8 Å². The minimum Gasteiger partial charge on any atom is -0.311 e. The molecule has 1 heterocycles. The number of aryl methyl sites for hydroxylation is 2. The Morgan fingerprint density at radius 1 is 1.07 bits per heavy atom. The predicted octanol–water partition coefficient (Wildman–Crippen LogP) is 3.13. The van der Waals surface area contributed by atoms with Crippen LogP contribution in [0.5, 0.6) is 0 Å². The highest BCUT2D eigenvalue weighted by atomic mass is 19.4. The van der Waals surface area contributed by atoms with Gasteiger partial charge in [0, 0.05) is 5.56 Å². The summed E-state index contributed by atoms with van der Waals surface area (Å²) in [4.78, 5) is 28.0. The number of hydrazine groups is 1. The largest absolute Gasteiger partial charge is 0.449 e. The molecule has 2 N–H and O–H groups in total. The van der Waals surface area contributed by atoms with Gasteiger partial charge in [0.2, 0.25) is 5.82 Å². The molecule has 2 aromatic carbocycles. The van der Waals surface area contributed by atoms with Gasteiger partial charge in [-0.15, -0.1) is 0 Å². The van der Waals surface area contributed by atoms with E-state index in [0.717, 1.165) is 10.1 Å². The third-order valence-electron chi connectivity index (χ3n) is 4.16. The number of amides is 2. The van der Waals surface area contributed by atoms with Crippen molar-refractivity contribution in [1.29, 1.82) is 0 Å². The van der Waals surface area contributed by atoms with Crippen molar-refractivity contribution in [2.45, 2.75) is 26.6 Å². The Bertz CT molecular complexity index is 1060. The predicted molar refractivity (Wildman–Crippen MR) is 96.3 cm³/mol. The highest BCUT2D eigenvalue weighted by Gasteiger charge is 2.38. The Kier molecular flexibility index (Phi) is 5.08. The average molecular weight is 390 g/mol. The molecule has 0 radical (unpaired) electrons. The number of hydrogen-bond donors (Lipinski definition) is 2. The van der Waals surface area contributed by atoms with Crippen molar-refractivity contribution >= 4 is 22.8 Å². The second kappa shape index (κ2) is 7.34. The molecule has 0 aliphatic heterocycles. The SMILES string of the molecule is Cc1ccc(C)c(C(=O)NNC(=O)Cn2c(C(F)(F)F)nc3ccccc32)c1. The smallest absolute Gasteiger partial charge is 0.311 e. The maximum atomic E-state index is 13.3. The molecule has 0 aliphatic rings. The molecule has 3 rings (SSSR count). The van der Waals surface area contributed by atoms with Gasteiger partial charge < -0.3 is 4.57 Å². The molecule has 0 spiro atoms. The number of alkyl halides is 3. The van der Waals surface area contributed by atoms with Crippen LogP contribution in [-0.4, -0.2) is 21.4 Å². The van der Waals surface area contributed by atoms with Crippen molar-refractivity contribution in [2.75, 3.05) is 0 Å². The number of carbonyl (C=O) groups is 2. The molecule has 0 unspecified atom stereocenters. The van der Waals surface area contributed by atoms with E-state index in [4.69, 9.17) is 0 Å². The molecule has 28 heavy (non-hydrogen) atoms. The zero-order valence-corrected chi connectivity index (χ0v) is 15.1. The van der Waals surface area contributed by atoms with E-state index < -0.39 is 30.4 Å². The summed E-state index contributed by atoms with van der Waals surface area (Å²) in [6.45, 7) is 2.91. The molecular formula is C19H17F3N4O2. The van der Waals surface area contributed by atoms with E-state index in [1.165, 1.54) is 12.1 Å². The number of fused-ring (bicyclic) bond motifs is 1. The van der Waals surface area contributed by atoms with Gasteiger partial charge in [-0.25, -0.2) is 4.98 Å². The average Bonchev–Trinajstić information content (AvgIpc) is 3.01. The summed E-state index contributed by atoms with van der Waals surface area (Å²) in [5, 5.41) is 0. The quantitative estimate of drug-likeness (QED) is 0.675. The van der Waals surface area contributed by atoms with Crippen LogP contribution in [0.3, 0.4) is 0 Å². The lowest BCUT2D eigenvalue weighted by molar-refractivity contribution is -0.147. The first-order valence-electron chi connectivity index (χ1n) is 8.35. The van der Waals surface area contributed by atoms with Crippen molar-refractivity contribution in [2.24, 2.45) is 0 Å². The number of carbonyl (C=O) groups excluding carboxylic acids is 2. The summed E-state index contributed by atoms with van der Waals surface area (Å²) in [6, 6.07) is 11.3. The number of hydrogen-bond acceptors (Lipinski definition) is 3. The lowest BCUT2D eigenvalue weighted by Crippen LogP contribution is -2.43. The maximum absolute atomic E-state index is 13.3. The van der Waals surface area contributed by atoms with Crippen LogP contribution in [0.1, 0.15) is 27.3 Å². The summed E-state index contributed by atoms with van der Waals surface area (Å²) >= 11 is 0. The molecule has 0 aliphatic carbocycles. The molecule has 2 amide bonds. The first kappa shape index (κ1) is 19.4. The first-order valence-corrected chi connectivity index (χ1v) is 8.35. The summed E-state index contributed by atoms with van der Waals surface area (Å²) in [7, 11) is 0. The Labute approximate surface area is 158 Å². The van der Waals surface area contributed by atoms with Crippen LogP contribution in [-0.2, 0) is 17.5 Å². The van der Waals surface area contributed by atoms with Gasteiger partial charge in [-0.2, -0.15) is 13.2 Å². The van der Waals surface area contributed by atoms with Crippen LogP contribution in [0.2, 0.25) is 0 Å². The maximum Gasteiger partial charge on any atom is 0.449 e. The van der Waals surface area contributed by atoms with E-state index >= 15 is 0 Å². The molecule has 0 bridgehead atoms. The fourth-order valence-corrected chi connectivity index (χ4v) is 2.81. The monoisotopic (exact) mass is 390 g/mol. The van der Waals surface area contributed by atoms with Crippen molar-refractivity contribution in [3.05, 3.63) is 65.0 Å². The van der Waals surface area contributed by atoms with Gasteiger partial charge in [-0.05, 0) is 37.6 Å². The normalized spacial score (nSPS) is 11.5. The van der Waals surface area contributed by atoms with E-state index in [-0.39, 0.29) is 11.0 Å². The summed E-state index contributed by atoms with van der Waals surface area (Å²) in [5.74, 6) is -2.54. The van der Waals surface area contributed by atoms with Crippen LogP contribution < -0.4 is 10.9 Å². The summed E-state index contributed by atoms with van der Waals surface area (Å²) in [6.07, 6.45) is -4.72. The minimum atomic E-state index is -4.72. The number of benzene rings is 2. The molecule has 3 aromatic rings. The second-order valence-corrected chi connectivity index (χ2v) is 6.33. The first-order chi connectivity index (χ1) is 13.2. The molecule has 0 fully saturated rings. The number of nitrogens with zero attached hydrogens (tertiary/aromatic N) is 2. The molecule has 1 aromatic heterocycles. The number of para-hydroxylation sites is 2. The number of imidazole rings is 1. The third-order valence-corrected chi connectivity index (χ3v) is 4.16. The zero-order valence-electron chi connectivity index (χ0n) is 15.1. The van der Waals surface area contributed by atoms with Crippen LogP contribution in [0.15, 0.2) is 42.5 Å². The van der Waals surface area contributed by atoms with Crippen molar-refractivity contribution in [3.63, 3.8) is 0 Å². The fourth-order valence-electron chi connectivity index (χ4n) is 2.81. The molecular weight excluding hydrogens is 373 g/mol. The number of rotatable bonds is 3. The topological polar surface area (TPSA) is 76.0 Å². The van der Waals surface area contributed by atoms with Crippen molar-refractivity contribution in [3.8, 4) is 0 Å². The lowest BCUT2D eigenvalue weighted by Gasteiger charge is -2.13. The molecule has 9 heteroatoms. The van der Waals surface area contributed by atoms with E-state index in [0.29, 0.717) is 11.1 Å². The Morgan fingerprint density at radius 3 is 2.50 bits per heavy atom. The Balaban J connectivity index is 1.77. The summed E-state index contributed by atoms with van der Waals surface area (Å²) in [5.41, 5.74) is 6.62. The number of nitrogens with one attached hydrogen (secondary N) is 2. The van der Waals surface area contributed by atoms with Crippen molar-refractivity contribution < 1.29 is 22.8 Å². The molecule has 0 saturated carbocycles. The van der Waals surface area contributed by atoms with Crippen LogP contribution in [0.25, 0.3) is 11.0 Å². The van der Waals surface area contributed by atoms with Gasteiger partial charge in [0.1, 0.15) is 6.54 Å². The van der Waals surface area contributed by atoms with Crippen LogP contribution in [0, 0.1) is 13.8 Å². The highest BCUT2D eigenvalue weighted by molar-refractivity contribution is 5.96. The Hall–Kier alpha value is -3.36. The number of halogens is 3. The molecule has 0 saturated heterocycles. The van der Waals surface area contributed by atoms with Crippen LogP contribution in [0.4, 0.5) is 13.2 Å². The van der Waals surface area contributed by atoms with E-state index in [1.54, 1.807) is 31.2 Å². The fraction of sp³-hybridized carbons (Fsp3) is 0.211. The minimum absolute atomic E-state index is 0.127. The second-order valence-electron chi connectivity index (χ2n) is 6.33. The lowest BCUT2D eigenvalue weighted by atomic mass is 10.1. The number of aromatic nitrogens is 2. The Morgan fingerprint density at radius 2 is 1.79 bits per heavy atom. The highest BCUT2D eigenvalue weighted by Crippen LogP contribution is 2.31. The molecule has 6 nitrogen and oxygen atoms in total.